The number of ether oxygens (including phenoxy) is 1. The Labute approximate surface area is 126 Å². The van der Waals surface area contributed by atoms with Gasteiger partial charge >= 0.3 is 0 Å². The highest BCUT2D eigenvalue weighted by Gasteiger charge is 2.14. The Balaban J connectivity index is 2.57. The highest BCUT2D eigenvalue weighted by molar-refractivity contribution is 9.10. The first-order valence-corrected chi connectivity index (χ1v) is 7.14. The minimum absolute atomic E-state index is 0.236. The van der Waals surface area contributed by atoms with Gasteiger partial charge in [-0.25, -0.2) is 9.07 Å². The van der Waals surface area contributed by atoms with E-state index in [1.165, 1.54) is 0 Å². The molecule has 0 aliphatic heterocycles. The maximum absolute atomic E-state index is 14.5. The lowest BCUT2D eigenvalue weighted by Gasteiger charge is -2.10. The van der Waals surface area contributed by atoms with Crippen LogP contribution in [0.4, 0.5) is 4.39 Å². The van der Waals surface area contributed by atoms with E-state index in [9.17, 15) is 4.39 Å². The second-order valence-corrected chi connectivity index (χ2v) is 5.36. The average Bonchev–Trinajstić information content (AvgIpc) is 2.72. The number of halogens is 2. The van der Waals surface area contributed by atoms with Crippen molar-refractivity contribution in [3.63, 3.8) is 0 Å². The molecule has 1 aromatic carbocycles. The first-order valence-electron chi connectivity index (χ1n) is 6.35. The molecule has 0 N–H and O–H groups in total. The van der Waals surface area contributed by atoms with Crippen LogP contribution in [0.3, 0.4) is 0 Å². The van der Waals surface area contributed by atoms with Crippen LogP contribution in [0.1, 0.15) is 26.5 Å². The molecule has 0 aliphatic rings. The summed E-state index contributed by atoms with van der Waals surface area (Å²) in [5.74, 6) is -0.173. The summed E-state index contributed by atoms with van der Waals surface area (Å²) in [6.07, 6.45) is 1.95. The highest BCUT2D eigenvalue weighted by Crippen LogP contribution is 2.26. The van der Waals surface area contributed by atoms with Gasteiger partial charge in [-0.05, 0) is 61.0 Å². The summed E-state index contributed by atoms with van der Waals surface area (Å²) >= 11 is 3.33. The number of rotatable bonds is 4. The Hall–Kier alpha value is -1.62. The van der Waals surface area contributed by atoms with Gasteiger partial charge in [-0.15, -0.1) is 0 Å². The van der Waals surface area contributed by atoms with E-state index in [1.807, 2.05) is 32.9 Å². The maximum Gasteiger partial charge on any atom is 0.190 e. The summed E-state index contributed by atoms with van der Waals surface area (Å²) in [4.78, 5) is 0. The van der Waals surface area contributed by atoms with Crippen molar-refractivity contribution in [2.24, 2.45) is 0 Å². The number of allylic oxidation sites excluding steroid dienone is 1. The predicted molar refractivity (Wildman–Crippen MR) is 81.7 cm³/mol. The molecule has 0 aliphatic carbocycles. The van der Waals surface area contributed by atoms with Gasteiger partial charge in [0, 0.05) is 0 Å². The zero-order valence-corrected chi connectivity index (χ0v) is 13.2. The van der Waals surface area contributed by atoms with Crippen LogP contribution in [0.5, 0.6) is 5.75 Å². The van der Waals surface area contributed by atoms with Crippen LogP contribution in [0.25, 0.3) is 11.8 Å². The largest absolute Gasteiger partial charge is 0.491 e. The quantitative estimate of drug-likeness (QED) is 0.814. The van der Waals surface area contributed by atoms with Crippen molar-refractivity contribution in [1.82, 2.24) is 9.78 Å². The fourth-order valence-electron chi connectivity index (χ4n) is 1.89. The van der Waals surface area contributed by atoms with Crippen LogP contribution in [0.15, 0.2) is 34.4 Å². The van der Waals surface area contributed by atoms with Gasteiger partial charge in [-0.3, -0.25) is 0 Å². The van der Waals surface area contributed by atoms with E-state index in [0.29, 0.717) is 16.9 Å². The Morgan fingerprint density at radius 2 is 2.20 bits per heavy atom. The molecular weight excluding hydrogens is 323 g/mol. The van der Waals surface area contributed by atoms with Gasteiger partial charge in [0.2, 0.25) is 0 Å². The smallest absolute Gasteiger partial charge is 0.190 e. The lowest BCUT2D eigenvalue weighted by Crippen LogP contribution is -2.04. The lowest BCUT2D eigenvalue weighted by molar-refractivity contribution is 0.321. The Morgan fingerprint density at radius 1 is 1.45 bits per heavy atom. The Bertz CT molecular complexity index is 645. The van der Waals surface area contributed by atoms with E-state index in [-0.39, 0.29) is 5.75 Å². The summed E-state index contributed by atoms with van der Waals surface area (Å²) in [6, 6.07) is 6.90. The summed E-state index contributed by atoms with van der Waals surface area (Å²) in [6.45, 7) is 6.21. The molecule has 2 rings (SSSR count). The van der Waals surface area contributed by atoms with Crippen molar-refractivity contribution in [3.8, 4) is 11.4 Å². The molecule has 1 heterocycles. The van der Waals surface area contributed by atoms with Crippen LogP contribution in [-0.4, -0.2) is 16.4 Å². The summed E-state index contributed by atoms with van der Waals surface area (Å²) in [7, 11) is 0. The summed E-state index contributed by atoms with van der Waals surface area (Å²) in [5, 5.41) is 4.29. The highest BCUT2D eigenvalue weighted by atomic mass is 79.9. The third kappa shape index (κ3) is 3.10. The second-order valence-electron chi connectivity index (χ2n) is 4.55. The number of hydrogen-bond acceptors (Lipinski definition) is 2. The fraction of sp³-hybridized carbons (Fsp3) is 0.267. The van der Waals surface area contributed by atoms with Crippen molar-refractivity contribution in [3.05, 3.63) is 46.0 Å². The van der Waals surface area contributed by atoms with Gasteiger partial charge in [-0.1, -0.05) is 11.6 Å². The van der Waals surface area contributed by atoms with Crippen molar-refractivity contribution in [2.45, 2.75) is 20.8 Å². The van der Waals surface area contributed by atoms with Crippen molar-refractivity contribution < 1.29 is 9.13 Å². The fourth-order valence-corrected chi connectivity index (χ4v) is 2.28. The van der Waals surface area contributed by atoms with E-state index in [0.717, 1.165) is 11.3 Å². The zero-order valence-electron chi connectivity index (χ0n) is 11.7. The first kappa shape index (κ1) is 14.8. The normalized spacial score (nSPS) is 10.4. The van der Waals surface area contributed by atoms with Crippen LogP contribution in [0.2, 0.25) is 0 Å². The molecule has 0 unspecified atom stereocenters. The minimum Gasteiger partial charge on any atom is -0.491 e. The van der Waals surface area contributed by atoms with Crippen molar-refractivity contribution in [2.75, 3.05) is 6.61 Å². The minimum atomic E-state index is -0.409. The number of nitrogens with zero attached hydrogens (tertiary/aromatic N) is 2. The maximum atomic E-state index is 14.5. The molecule has 20 heavy (non-hydrogen) atoms. The van der Waals surface area contributed by atoms with Gasteiger partial charge < -0.3 is 4.74 Å². The van der Waals surface area contributed by atoms with Crippen LogP contribution in [0, 0.1) is 5.82 Å². The van der Waals surface area contributed by atoms with Crippen molar-refractivity contribution in [1.29, 1.82) is 0 Å². The van der Waals surface area contributed by atoms with E-state index in [2.05, 4.69) is 21.0 Å². The molecule has 0 spiro atoms. The molecule has 106 valence electrons. The molecule has 3 nitrogen and oxygen atoms in total. The number of aromatic nitrogens is 2. The van der Waals surface area contributed by atoms with E-state index in [1.54, 1.807) is 22.9 Å². The summed E-state index contributed by atoms with van der Waals surface area (Å²) in [5.41, 5.74) is 2.29. The molecule has 0 saturated heterocycles. The number of benzene rings is 1. The van der Waals surface area contributed by atoms with E-state index < -0.39 is 5.82 Å². The first-order chi connectivity index (χ1) is 9.52. The van der Waals surface area contributed by atoms with Gasteiger partial charge in [0.15, 0.2) is 11.6 Å². The second kappa shape index (κ2) is 6.22. The van der Waals surface area contributed by atoms with Gasteiger partial charge in [0.25, 0.3) is 0 Å². The molecule has 0 amide bonds. The predicted octanol–water partition coefficient (Wildman–Crippen LogP) is 4.60. The van der Waals surface area contributed by atoms with E-state index >= 15 is 0 Å². The molecular formula is C15H16BrFN2O. The van der Waals surface area contributed by atoms with Crippen LogP contribution >= 0.6 is 15.9 Å². The van der Waals surface area contributed by atoms with Gasteiger partial charge in [-0.2, -0.15) is 5.10 Å². The Morgan fingerprint density at radius 3 is 2.85 bits per heavy atom. The van der Waals surface area contributed by atoms with E-state index in [4.69, 9.17) is 4.74 Å². The molecule has 5 heteroatoms. The monoisotopic (exact) mass is 338 g/mol. The Kier molecular flexibility index (Phi) is 4.60. The van der Waals surface area contributed by atoms with Gasteiger partial charge in [0.1, 0.15) is 10.3 Å². The molecule has 0 radical (unpaired) electrons. The molecule has 1 aromatic heterocycles. The van der Waals surface area contributed by atoms with Crippen LogP contribution in [-0.2, 0) is 0 Å². The third-order valence-corrected chi connectivity index (χ3v) is 3.00. The molecule has 0 atom stereocenters. The van der Waals surface area contributed by atoms with Gasteiger partial charge in [0.05, 0.1) is 12.3 Å². The van der Waals surface area contributed by atoms with Crippen molar-refractivity contribution >= 4 is 22.0 Å². The SMILES string of the molecule is CCOc1cccc(-n2nc(Br)cc2C=C(C)C)c1F. The number of hydrogen-bond donors (Lipinski definition) is 0. The molecule has 0 saturated carbocycles. The summed E-state index contributed by atoms with van der Waals surface area (Å²) < 4.78 is 22.0. The molecule has 0 fully saturated rings. The molecule has 2 aromatic rings. The lowest BCUT2D eigenvalue weighted by atomic mass is 10.2. The standard InChI is InChI=1S/C15H16BrFN2O/c1-4-20-13-7-5-6-12(15(13)17)19-11(8-10(2)3)9-14(16)18-19/h5-9H,4H2,1-3H3. The molecule has 0 bridgehead atoms. The van der Waals surface area contributed by atoms with Crippen LogP contribution < -0.4 is 4.74 Å². The third-order valence-electron chi connectivity index (χ3n) is 2.61. The zero-order chi connectivity index (χ0) is 14.7. The average molecular weight is 339 g/mol. The topological polar surface area (TPSA) is 27.1 Å².